The van der Waals surface area contributed by atoms with Crippen LogP contribution in [-0.2, 0) is 9.59 Å². The van der Waals surface area contributed by atoms with Crippen molar-refractivity contribution >= 4 is 29.3 Å². The van der Waals surface area contributed by atoms with Gasteiger partial charge in [-0.3, -0.25) is 9.59 Å². The van der Waals surface area contributed by atoms with Crippen molar-refractivity contribution in [1.82, 2.24) is 10.6 Å². The van der Waals surface area contributed by atoms with Crippen LogP contribution in [0.15, 0.2) is 76.5 Å². The number of hydrogen-bond donors (Lipinski definition) is 3. The number of halogens is 1. The van der Waals surface area contributed by atoms with Gasteiger partial charge in [0.25, 0.3) is 5.91 Å². The molecular formula is C28H29FN4O2S. The van der Waals surface area contributed by atoms with Gasteiger partial charge < -0.3 is 16.0 Å². The molecule has 6 nitrogen and oxygen atoms in total. The highest BCUT2D eigenvalue weighted by molar-refractivity contribution is 8.03. The SMILES string of the molecule is CC1=C(C(=O)Nc2ccccc2)[C@@H](c2ccccc2F)C(C#N)=C(SCC(=O)NC2CCCCC2)N1. The van der Waals surface area contributed by atoms with Gasteiger partial charge in [0.2, 0.25) is 5.91 Å². The molecule has 36 heavy (non-hydrogen) atoms. The van der Waals surface area contributed by atoms with E-state index in [1.165, 1.54) is 24.2 Å². The summed E-state index contributed by atoms with van der Waals surface area (Å²) in [4.78, 5) is 26.0. The summed E-state index contributed by atoms with van der Waals surface area (Å²) in [5, 5.41) is 19.7. The van der Waals surface area contributed by atoms with Crippen LogP contribution in [0, 0.1) is 17.1 Å². The van der Waals surface area contributed by atoms with Crippen LogP contribution >= 0.6 is 11.8 Å². The normalized spacial score (nSPS) is 18.3. The Hall–Kier alpha value is -3.57. The number of hydrogen-bond acceptors (Lipinski definition) is 5. The van der Waals surface area contributed by atoms with E-state index < -0.39 is 17.6 Å². The number of amides is 2. The van der Waals surface area contributed by atoms with Crippen molar-refractivity contribution in [2.75, 3.05) is 11.1 Å². The molecule has 2 aliphatic rings. The third-order valence-electron chi connectivity index (χ3n) is 6.46. The number of benzene rings is 2. The summed E-state index contributed by atoms with van der Waals surface area (Å²) >= 11 is 1.20. The number of rotatable bonds is 7. The quantitative estimate of drug-likeness (QED) is 0.473. The fraction of sp³-hybridized carbons (Fsp3) is 0.321. The van der Waals surface area contributed by atoms with E-state index in [4.69, 9.17) is 0 Å². The number of allylic oxidation sites excluding steroid dienone is 2. The van der Waals surface area contributed by atoms with Crippen LogP contribution in [-0.4, -0.2) is 23.6 Å². The molecule has 0 radical (unpaired) electrons. The zero-order chi connectivity index (χ0) is 25.5. The lowest BCUT2D eigenvalue weighted by molar-refractivity contribution is -0.119. The smallest absolute Gasteiger partial charge is 0.254 e. The molecule has 4 rings (SSSR count). The number of nitrogens with one attached hydrogen (secondary N) is 3. The molecular weight excluding hydrogens is 475 g/mol. The molecule has 1 aliphatic carbocycles. The van der Waals surface area contributed by atoms with Crippen molar-refractivity contribution in [2.24, 2.45) is 0 Å². The Morgan fingerprint density at radius 3 is 2.47 bits per heavy atom. The van der Waals surface area contributed by atoms with Crippen molar-refractivity contribution in [3.8, 4) is 6.07 Å². The van der Waals surface area contributed by atoms with E-state index in [9.17, 15) is 19.2 Å². The molecule has 0 saturated heterocycles. The van der Waals surface area contributed by atoms with Gasteiger partial charge in [-0.1, -0.05) is 67.4 Å². The molecule has 2 aromatic carbocycles. The van der Waals surface area contributed by atoms with Gasteiger partial charge in [-0.05, 0) is 38.0 Å². The summed E-state index contributed by atoms with van der Waals surface area (Å²) in [5.41, 5.74) is 1.80. The van der Waals surface area contributed by atoms with E-state index in [0.717, 1.165) is 25.7 Å². The minimum absolute atomic E-state index is 0.102. The first kappa shape index (κ1) is 25.5. The molecule has 0 unspecified atom stereocenters. The average Bonchev–Trinajstić information content (AvgIpc) is 2.88. The zero-order valence-electron chi connectivity index (χ0n) is 20.1. The fourth-order valence-corrected chi connectivity index (χ4v) is 5.62. The Morgan fingerprint density at radius 1 is 1.08 bits per heavy atom. The molecule has 1 aliphatic heterocycles. The predicted octanol–water partition coefficient (Wildman–Crippen LogP) is 5.34. The van der Waals surface area contributed by atoms with Crippen molar-refractivity contribution in [1.29, 1.82) is 5.26 Å². The third-order valence-corrected chi connectivity index (χ3v) is 7.48. The standard InChI is InChI=1S/C28H29FN4O2S/c1-18-25(27(35)33-20-12-6-3-7-13-20)26(21-14-8-9-15-23(21)29)22(16-30)28(31-18)36-17-24(34)32-19-10-4-2-5-11-19/h3,6-9,12-15,19,26,31H,2,4-5,10-11,17H2,1H3,(H,32,34)(H,33,35)/t26-/m0/s1. The number of nitrogens with zero attached hydrogens (tertiary/aromatic N) is 1. The van der Waals surface area contributed by atoms with Gasteiger partial charge in [-0.15, -0.1) is 0 Å². The first-order valence-corrected chi connectivity index (χ1v) is 13.1. The molecule has 8 heteroatoms. The van der Waals surface area contributed by atoms with Crippen LogP contribution < -0.4 is 16.0 Å². The third kappa shape index (κ3) is 5.97. The number of carbonyl (C=O) groups is 2. The maximum absolute atomic E-state index is 15.0. The van der Waals surface area contributed by atoms with Crippen molar-refractivity contribution in [3.05, 3.63) is 87.9 Å². The highest BCUT2D eigenvalue weighted by Crippen LogP contribution is 2.41. The van der Waals surface area contributed by atoms with Crippen LogP contribution in [0.3, 0.4) is 0 Å². The lowest BCUT2D eigenvalue weighted by atomic mass is 9.82. The van der Waals surface area contributed by atoms with Gasteiger partial charge in [0.05, 0.1) is 28.3 Å². The second-order valence-electron chi connectivity index (χ2n) is 8.98. The predicted molar refractivity (Wildman–Crippen MR) is 140 cm³/mol. The van der Waals surface area contributed by atoms with Gasteiger partial charge in [0, 0.05) is 28.6 Å². The first-order chi connectivity index (χ1) is 17.5. The van der Waals surface area contributed by atoms with Gasteiger partial charge in [-0.25, -0.2) is 4.39 Å². The van der Waals surface area contributed by atoms with Crippen LogP contribution in [0.2, 0.25) is 0 Å². The Morgan fingerprint density at radius 2 is 1.78 bits per heavy atom. The highest BCUT2D eigenvalue weighted by Gasteiger charge is 2.36. The van der Waals surface area contributed by atoms with Crippen molar-refractivity contribution in [3.63, 3.8) is 0 Å². The summed E-state index contributed by atoms with van der Waals surface area (Å²) in [6.07, 6.45) is 5.40. The lowest BCUT2D eigenvalue weighted by Crippen LogP contribution is -2.37. The minimum atomic E-state index is -0.912. The average molecular weight is 505 g/mol. The zero-order valence-corrected chi connectivity index (χ0v) is 21.0. The van der Waals surface area contributed by atoms with Crippen LogP contribution in [0.5, 0.6) is 0 Å². The monoisotopic (exact) mass is 504 g/mol. The fourth-order valence-electron chi connectivity index (χ4n) is 4.72. The molecule has 1 heterocycles. The van der Waals surface area contributed by atoms with Crippen LogP contribution in [0.1, 0.15) is 50.5 Å². The number of carbonyl (C=O) groups excluding carboxylic acids is 2. The summed E-state index contributed by atoms with van der Waals surface area (Å²) in [6, 6.07) is 17.5. The molecule has 2 amide bonds. The van der Waals surface area contributed by atoms with E-state index in [0.29, 0.717) is 16.4 Å². The first-order valence-electron chi connectivity index (χ1n) is 12.1. The maximum atomic E-state index is 15.0. The van der Waals surface area contributed by atoms with Crippen LogP contribution in [0.4, 0.5) is 10.1 Å². The molecule has 1 fully saturated rings. The number of para-hydroxylation sites is 1. The van der Waals surface area contributed by atoms with Gasteiger partial charge in [-0.2, -0.15) is 5.26 Å². The van der Waals surface area contributed by atoms with Gasteiger partial charge in [0.1, 0.15) is 5.82 Å². The Kier molecular flexibility index (Phi) is 8.44. The Bertz CT molecular complexity index is 1230. The van der Waals surface area contributed by atoms with E-state index >= 15 is 0 Å². The molecule has 2 aromatic rings. The second kappa shape index (κ2) is 11.9. The van der Waals surface area contributed by atoms with Crippen molar-refractivity contribution in [2.45, 2.75) is 51.0 Å². The summed E-state index contributed by atoms with van der Waals surface area (Å²) in [6.45, 7) is 1.73. The molecule has 0 aromatic heterocycles. The molecule has 1 saturated carbocycles. The summed E-state index contributed by atoms with van der Waals surface area (Å²) < 4.78 is 15.0. The molecule has 3 N–H and O–H groups in total. The Balaban J connectivity index is 1.61. The van der Waals surface area contributed by atoms with Gasteiger partial charge in [0.15, 0.2) is 0 Å². The number of anilines is 1. The van der Waals surface area contributed by atoms with E-state index in [1.807, 2.05) is 6.07 Å². The van der Waals surface area contributed by atoms with Gasteiger partial charge >= 0.3 is 0 Å². The molecule has 186 valence electrons. The second-order valence-corrected chi connectivity index (χ2v) is 9.97. The number of nitriles is 1. The molecule has 0 spiro atoms. The summed E-state index contributed by atoms with van der Waals surface area (Å²) in [7, 11) is 0. The number of thioether (sulfide) groups is 1. The van der Waals surface area contributed by atoms with E-state index in [-0.39, 0.29) is 34.4 Å². The molecule has 0 bridgehead atoms. The maximum Gasteiger partial charge on any atom is 0.254 e. The van der Waals surface area contributed by atoms with Crippen LogP contribution in [0.25, 0.3) is 0 Å². The van der Waals surface area contributed by atoms with E-state index in [2.05, 4.69) is 22.0 Å². The largest absolute Gasteiger partial charge is 0.353 e. The topological polar surface area (TPSA) is 94.0 Å². The molecule has 1 atom stereocenters. The lowest BCUT2D eigenvalue weighted by Gasteiger charge is -2.30. The van der Waals surface area contributed by atoms with E-state index in [1.54, 1.807) is 49.4 Å². The Labute approximate surface area is 215 Å². The highest BCUT2D eigenvalue weighted by atomic mass is 32.2. The summed E-state index contributed by atoms with van der Waals surface area (Å²) in [5.74, 6) is -1.83. The number of dihydropyridines is 1. The minimum Gasteiger partial charge on any atom is -0.353 e. The van der Waals surface area contributed by atoms with Crippen molar-refractivity contribution < 1.29 is 14.0 Å².